The number of halogens is 1. The molecule has 2 rings (SSSR count). The van der Waals surface area contributed by atoms with Gasteiger partial charge in [-0.3, -0.25) is 20.2 Å². The van der Waals surface area contributed by atoms with E-state index in [1.54, 1.807) is 13.0 Å². The average Bonchev–Trinajstić information content (AvgIpc) is 2.64. The van der Waals surface area contributed by atoms with Crippen molar-refractivity contribution >= 4 is 23.5 Å². The van der Waals surface area contributed by atoms with Crippen LogP contribution in [-0.2, 0) is 0 Å². The van der Waals surface area contributed by atoms with Crippen molar-refractivity contribution in [1.29, 1.82) is 0 Å². The van der Waals surface area contributed by atoms with Crippen LogP contribution in [0.4, 0.5) is 5.95 Å². The lowest BCUT2D eigenvalue weighted by Crippen LogP contribution is -2.13. The standard InChI is InChI=1S/C9H8ClN5O/c1-5-12-9(15-14-5)13-8(16)6-4-11-3-2-7(6)10/h2-4H,1H3,(H2,12,13,14,15,16). The maximum absolute atomic E-state index is 11.7. The average molecular weight is 238 g/mol. The van der Waals surface area contributed by atoms with Gasteiger partial charge in [-0.2, -0.15) is 4.98 Å². The van der Waals surface area contributed by atoms with Gasteiger partial charge < -0.3 is 0 Å². The fraction of sp³-hybridized carbons (Fsp3) is 0.111. The Morgan fingerprint density at radius 1 is 1.56 bits per heavy atom. The van der Waals surface area contributed by atoms with Crippen LogP contribution in [0.3, 0.4) is 0 Å². The second kappa shape index (κ2) is 4.28. The van der Waals surface area contributed by atoms with Crippen LogP contribution < -0.4 is 5.32 Å². The van der Waals surface area contributed by atoms with Gasteiger partial charge in [0.1, 0.15) is 5.82 Å². The van der Waals surface area contributed by atoms with Crippen LogP contribution in [-0.4, -0.2) is 26.1 Å². The summed E-state index contributed by atoms with van der Waals surface area (Å²) in [5.74, 6) is 0.437. The molecule has 0 saturated heterocycles. The highest BCUT2D eigenvalue weighted by atomic mass is 35.5. The van der Waals surface area contributed by atoms with Crippen LogP contribution in [0.25, 0.3) is 0 Å². The Labute approximate surface area is 96.1 Å². The van der Waals surface area contributed by atoms with Gasteiger partial charge in [0.15, 0.2) is 0 Å². The molecule has 0 fully saturated rings. The van der Waals surface area contributed by atoms with E-state index in [-0.39, 0.29) is 11.5 Å². The molecule has 0 bridgehead atoms. The first-order valence-electron chi connectivity index (χ1n) is 4.46. The molecule has 0 aliphatic heterocycles. The number of pyridine rings is 1. The number of anilines is 1. The molecule has 0 unspecified atom stereocenters. The number of nitrogens with zero attached hydrogens (tertiary/aromatic N) is 3. The Kier molecular flexibility index (Phi) is 2.82. The SMILES string of the molecule is Cc1nc(NC(=O)c2cnccc2Cl)n[nH]1. The van der Waals surface area contributed by atoms with Gasteiger partial charge in [0.05, 0.1) is 10.6 Å². The number of nitrogens with one attached hydrogen (secondary N) is 2. The lowest BCUT2D eigenvalue weighted by Gasteiger charge is -2.01. The van der Waals surface area contributed by atoms with E-state index in [0.29, 0.717) is 10.8 Å². The molecule has 7 heteroatoms. The summed E-state index contributed by atoms with van der Waals surface area (Å²) in [6.45, 7) is 1.74. The molecule has 0 aromatic carbocycles. The Morgan fingerprint density at radius 2 is 2.38 bits per heavy atom. The lowest BCUT2D eigenvalue weighted by atomic mass is 10.3. The second-order valence-electron chi connectivity index (χ2n) is 3.05. The molecular formula is C9H8ClN5O. The van der Waals surface area contributed by atoms with E-state index in [1.807, 2.05) is 0 Å². The Bertz CT molecular complexity index is 524. The van der Waals surface area contributed by atoms with Crippen molar-refractivity contribution in [2.24, 2.45) is 0 Å². The van der Waals surface area contributed by atoms with Crippen LogP contribution in [0, 0.1) is 6.92 Å². The minimum absolute atomic E-state index is 0.211. The number of hydrogen-bond donors (Lipinski definition) is 2. The molecule has 82 valence electrons. The zero-order chi connectivity index (χ0) is 11.5. The van der Waals surface area contributed by atoms with Crippen molar-refractivity contribution in [1.82, 2.24) is 20.2 Å². The van der Waals surface area contributed by atoms with Crippen molar-refractivity contribution in [2.75, 3.05) is 5.32 Å². The lowest BCUT2D eigenvalue weighted by molar-refractivity contribution is 0.102. The summed E-state index contributed by atoms with van der Waals surface area (Å²) < 4.78 is 0. The predicted octanol–water partition coefficient (Wildman–Crippen LogP) is 1.41. The van der Waals surface area contributed by atoms with Crippen molar-refractivity contribution in [2.45, 2.75) is 6.92 Å². The fourth-order valence-corrected chi connectivity index (χ4v) is 1.30. The Hall–Kier alpha value is -1.95. The van der Waals surface area contributed by atoms with E-state index in [1.165, 1.54) is 12.4 Å². The monoisotopic (exact) mass is 237 g/mol. The summed E-state index contributed by atoms with van der Waals surface area (Å²) in [6.07, 6.45) is 2.90. The van der Waals surface area contributed by atoms with E-state index in [9.17, 15) is 4.79 Å². The number of H-pyrrole nitrogens is 1. The van der Waals surface area contributed by atoms with Gasteiger partial charge >= 0.3 is 0 Å². The van der Waals surface area contributed by atoms with Gasteiger partial charge in [0, 0.05) is 12.4 Å². The third-order valence-electron chi connectivity index (χ3n) is 1.84. The fourth-order valence-electron chi connectivity index (χ4n) is 1.11. The number of hydrogen-bond acceptors (Lipinski definition) is 4. The first-order valence-corrected chi connectivity index (χ1v) is 4.84. The molecule has 16 heavy (non-hydrogen) atoms. The van der Waals surface area contributed by atoms with E-state index < -0.39 is 5.91 Å². The first-order chi connectivity index (χ1) is 7.66. The molecule has 2 aromatic rings. The summed E-state index contributed by atoms with van der Waals surface area (Å²) in [7, 11) is 0. The highest BCUT2D eigenvalue weighted by molar-refractivity contribution is 6.34. The van der Waals surface area contributed by atoms with Gasteiger partial charge in [-0.15, -0.1) is 5.10 Å². The number of aromatic nitrogens is 4. The van der Waals surface area contributed by atoms with Crippen molar-refractivity contribution in [3.63, 3.8) is 0 Å². The molecule has 1 amide bonds. The number of carbonyl (C=O) groups is 1. The summed E-state index contributed by atoms with van der Waals surface area (Å²) in [5.41, 5.74) is 0.284. The normalized spacial score (nSPS) is 10.1. The Balaban J connectivity index is 2.18. The molecule has 0 aliphatic carbocycles. The quantitative estimate of drug-likeness (QED) is 0.827. The summed E-state index contributed by atoms with van der Waals surface area (Å²) in [6, 6.07) is 1.54. The number of aromatic amines is 1. The molecule has 0 aliphatic rings. The predicted molar refractivity (Wildman–Crippen MR) is 58.3 cm³/mol. The Morgan fingerprint density at radius 3 is 3.00 bits per heavy atom. The summed E-state index contributed by atoms with van der Waals surface area (Å²) in [4.78, 5) is 19.5. The molecule has 2 N–H and O–H groups in total. The first kappa shape index (κ1) is 10.6. The van der Waals surface area contributed by atoms with E-state index in [0.717, 1.165) is 0 Å². The van der Waals surface area contributed by atoms with E-state index >= 15 is 0 Å². The smallest absolute Gasteiger partial charge is 0.261 e. The number of rotatable bonds is 2. The zero-order valence-corrected chi connectivity index (χ0v) is 9.12. The third kappa shape index (κ3) is 2.17. The zero-order valence-electron chi connectivity index (χ0n) is 8.36. The van der Waals surface area contributed by atoms with Crippen LogP contribution >= 0.6 is 11.6 Å². The minimum Gasteiger partial charge on any atom is -0.289 e. The molecule has 2 heterocycles. The maximum Gasteiger partial charge on any atom is 0.261 e. The van der Waals surface area contributed by atoms with Crippen molar-refractivity contribution in [3.05, 3.63) is 34.9 Å². The maximum atomic E-state index is 11.7. The van der Waals surface area contributed by atoms with Gasteiger partial charge in [-0.25, -0.2) is 0 Å². The summed E-state index contributed by atoms with van der Waals surface area (Å²) >= 11 is 5.84. The van der Waals surface area contributed by atoms with Crippen LogP contribution in [0.2, 0.25) is 5.02 Å². The number of aryl methyl sites for hydroxylation is 1. The highest BCUT2D eigenvalue weighted by Gasteiger charge is 2.12. The molecule has 6 nitrogen and oxygen atoms in total. The van der Waals surface area contributed by atoms with Gasteiger partial charge in [0.25, 0.3) is 5.91 Å². The van der Waals surface area contributed by atoms with Crippen molar-refractivity contribution < 1.29 is 4.79 Å². The van der Waals surface area contributed by atoms with Crippen molar-refractivity contribution in [3.8, 4) is 0 Å². The second-order valence-corrected chi connectivity index (χ2v) is 3.46. The van der Waals surface area contributed by atoms with Gasteiger partial charge in [-0.1, -0.05) is 11.6 Å². The highest BCUT2D eigenvalue weighted by Crippen LogP contribution is 2.14. The van der Waals surface area contributed by atoms with Gasteiger partial charge in [-0.05, 0) is 13.0 Å². The van der Waals surface area contributed by atoms with E-state index in [4.69, 9.17) is 11.6 Å². The molecular weight excluding hydrogens is 230 g/mol. The molecule has 0 atom stereocenters. The van der Waals surface area contributed by atoms with E-state index in [2.05, 4.69) is 25.5 Å². The molecule has 0 spiro atoms. The van der Waals surface area contributed by atoms with Gasteiger partial charge in [0.2, 0.25) is 5.95 Å². The van der Waals surface area contributed by atoms with Crippen LogP contribution in [0.1, 0.15) is 16.2 Å². The third-order valence-corrected chi connectivity index (χ3v) is 2.16. The number of amides is 1. The van der Waals surface area contributed by atoms with Crippen LogP contribution in [0.5, 0.6) is 0 Å². The number of carbonyl (C=O) groups excluding carboxylic acids is 1. The van der Waals surface area contributed by atoms with Crippen LogP contribution in [0.15, 0.2) is 18.5 Å². The largest absolute Gasteiger partial charge is 0.289 e. The topological polar surface area (TPSA) is 83.6 Å². The molecule has 0 saturated carbocycles. The summed E-state index contributed by atoms with van der Waals surface area (Å²) in [5, 5.41) is 9.23. The molecule has 0 radical (unpaired) electrons. The minimum atomic E-state index is -0.392. The molecule has 2 aromatic heterocycles.